The van der Waals surface area contributed by atoms with Gasteiger partial charge in [0.25, 0.3) is 0 Å². The molecule has 2 aromatic carbocycles. The average molecular weight is 428 g/mol. The fraction of sp³-hybridized carbons (Fsp3) is 0.400. The van der Waals surface area contributed by atoms with Crippen LogP contribution in [0.5, 0.6) is 23.0 Å². The lowest BCUT2D eigenvalue weighted by Gasteiger charge is -2.11. The lowest BCUT2D eigenvalue weighted by atomic mass is 10.1. The molecule has 168 valence electrons. The van der Waals surface area contributed by atoms with E-state index in [1.54, 1.807) is 27.4 Å². The van der Waals surface area contributed by atoms with Gasteiger partial charge in [-0.1, -0.05) is 31.9 Å². The molecule has 0 atom stereocenters. The molecule has 0 spiro atoms. The molecule has 1 N–H and O–H groups in total. The number of unbranched alkanes of at least 4 members (excludes halogenated alkanes) is 2. The second-order valence-electron chi connectivity index (χ2n) is 7.03. The summed E-state index contributed by atoms with van der Waals surface area (Å²) in [6, 6.07) is 11.4. The van der Waals surface area contributed by atoms with Crippen molar-refractivity contribution in [2.75, 3.05) is 34.5 Å². The Balaban J connectivity index is 1.85. The quantitative estimate of drug-likeness (QED) is 0.372. The summed E-state index contributed by atoms with van der Waals surface area (Å²) < 4.78 is 21.8. The Hall–Kier alpha value is -3.15. The molecule has 0 bridgehead atoms. The van der Waals surface area contributed by atoms with Gasteiger partial charge in [0.1, 0.15) is 0 Å². The predicted octanol–water partition coefficient (Wildman–Crippen LogP) is 4.65. The summed E-state index contributed by atoms with van der Waals surface area (Å²) in [7, 11) is 4.82. The molecule has 2 rings (SSSR count). The number of rotatable bonds is 13. The minimum absolute atomic E-state index is 0.153. The molecule has 1 amide bonds. The maximum absolute atomic E-state index is 12.2. The molecule has 2 aromatic rings. The van der Waals surface area contributed by atoms with Crippen molar-refractivity contribution in [2.45, 2.75) is 32.6 Å². The lowest BCUT2D eigenvalue weighted by molar-refractivity contribution is -0.116. The molecule has 0 fully saturated rings. The molecule has 0 aliphatic carbocycles. The number of carbonyl (C=O) groups is 1. The topological polar surface area (TPSA) is 66.0 Å². The molecule has 0 saturated carbocycles. The fourth-order valence-corrected chi connectivity index (χ4v) is 3.04. The normalized spacial score (nSPS) is 10.7. The van der Waals surface area contributed by atoms with Crippen molar-refractivity contribution in [3.8, 4) is 23.0 Å². The van der Waals surface area contributed by atoms with Crippen LogP contribution in [0.3, 0.4) is 0 Å². The van der Waals surface area contributed by atoms with Crippen LogP contribution in [0.25, 0.3) is 6.08 Å². The van der Waals surface area contributed by atoms with Gasteiger partial charge in [-0.25, -0.2) is 0 Å². The molecule has 31 heavy (non-hydrogen) atoms. The van der Waals surface area contributed by atoms with E-state index in [0.717, 1.165) is 36.1 Å². The third-order valence-electron chi connectivity index (χ3n) is 4.78. The van der Waals surface area contributed by atoms with Crippen LogP contribution in [0.15, 0.2) is 42.5 Å². The first-order valence-corrected chi connectivity index (χ1v) is 10.6. The van der Waals surface area contributed by atoms with Gasteiger partial charge >= 0.3 is 0 Å². The molecule has 0 radical (unpaired) electrons. The monoisotopic (exact) mass is 427 g/mol. The predicted molar refractivity (Wildman–Crippen MR) is 123 cm³/mol. The van der Waals surface area contributed by atoms with Crippen molar-refractivity contribution in [3.63, 3.8) is 0 Å². The van der Waals surface area contributed by atoms with Gasteiger partial charge in [0.2, 0.25) is 5.91 Å². The zero-order valence-corrected chi connectivity index (χ0v) is 18.9. The minimum Gasteiger partial charge on any atom is -0.493 e. The van der Waals surface area contributed by atoms with E-state index >= 15 is 0 Å². The summed E-state index contributed by atoms with van der Waals surface area (Å²) >= 11 is 0. The third kappa shape index (κ3) is 7.89. The van der Waals surface area contributed by atoms with Crippen LogP contribution in [-0.2, 0) is 11.2 Å². The van der Waals surface area contributed by atoms with Crippen LogP contribution < -0.4 is 24.3 Å². The Labute approximate surface area is 185 Å². The number of hydrogen-bond acceptors (Lipinski definition) is 5. The second kappa shape index (κ2) is 13.2. The Bertz CT molecular complexity index is 863. The van der Waals surface area contributed by atoms with E-state index in [9.17, 15) is 4.79 Å². The number of ether oxygens (including phenoxy) is 4. The van der Waals surface area contributed by atoms with Gasteiger partial charge in [0, 0.05) is 12.6 Å². The van der Waals surface area contributed by atoms with Gasteiger partial charge in [-0.05, 0) is 54.3 Å². The van der Waals surface area contributed by atoms with E-state index in [1.807, 2.05) is 36.4 Å². The third-order valence-corrected chi connectivity index (χ3v) is 4.78. The van der Waals surface area contributed by atoms with Gasteiger partial charge < -0.3 is 24.3 Å². The van der Waals surface area contributed by atoms with Crippen LogP contribution in [-0.4, -0.2) is 40.4 Å². The Morgan fingerprint density at radius 1 is 0.903 bits per heavy atom. The summed E-state index contributed by atoms with van der Waals surface area (Å²) in [6.45, 7) is 3.35. The van der Waals surface area contributed by atoms with E-state index in [-0.39, 0.29) is 5.91 Å². The number of amides is 1. The summed E-state index contributed by atoms with van der Waals surface area (Å²) in [5, 5.41) is 2.89. The second-order valence-corrected chi connectivity index (χ2v) is 7.03. The fourth-order valence-electron chi connectivity index (χ4n) is 3.04. The van der Waals surface area contributed by atoms with Gasteiger partial charge in [-0.2, -0.15) is 0 Å². The Kier molecular flexibility index (Phi) is 10.3. The van der Waals surface area contributed by atoms with E-state index in [1.165, 1.54) is 6.08 Å². The standard InChI is InChI=1S/C25H33NO5/c1-5-6-7-16-31-22-12-9-19(17-24(22)30-4)10-13-25(27)26-15-14-20-8-11-21(28-2)23(18-20)29-3/h8-13,17-18H,5-7,14-16H2,1-4H3,(H,26,27)/b13-10+. The minimum atomic E-state index is -0.153. The van der Waals surface area contributed by atoms with Crippen LogP contribution in [0.4, 0.5) is 0 Å². The molecule has 0 heterocycles. The zero-order valence-electron chi connectivity index (χ0n) is 18.9. The van der Waals surface area contributed by atoms with Crippen LogP contribution in [0, 0.1) is 0 Å². The van der Waals surface area contributed by atoms with Crippen molar-refractivity contribution in [2.24, 2.45) is 0 Å². The van der Waals surface area contributed by atoms with Crippen LogP contribution >= 0.6 is 0 Å². The maximum Gasteiger partial charge on any atom is 0.244 e. The van der Waals surface area contributed by atoms with Crippen LogP contribution in [0.1, 0.15) is 37.3 Å². The number of methoxy groups -OCH3 is 3. The molecule has 6 nitrogen and oxygen atoms in total. The largest absolute Gasteiger partial charge is 0.493 e. The van der Waals surface area contributed by atoms with Gasteiger partial charge in [0.15, 0.2) is 23.0 Å². The average Bonchev–Trinajstić information content (AvgIpc) is 2.80. The van der Waals surface area contributed by atoms with Crippen molar-refractivity contribution in [1.29, 1.82) is 0 Å². The van der Waals surface area contributed by atoms with Gasteiger partial charge in [0.05, 0.1) is 27.9 Å². The highest BCUT2D eigenvalue weighted by Gasteiger charge is 2.06. The van der Waals surface area contributed by atoms with Gasteiger partial charge in [-0.3, -0.25) is 4.79 Å². The summed E-state index contributed by atoms with van der Waals surface area (Å²) in [5.74, 6) is 2.59. The first-order chi connectivity index (χ1) is 15.1. The number of hydrogen-bond donors (Lipinski definition) is 1. The number of nitrogens with one attached hydrogen (secondary N) is 1. The highest BCUT2D eigenvalue weighted by molar-refractivity contribution is 5.91. The van der Waals surface area contributed by atoms with Gasteiger partial charge in [-0.15, -0.1) is 0 Å². The van der Waals surface area contributed by atoms with Crippen molar-refractivity contribution >= 4 is 12.0 Å². The SMILES string of the molecule is CCCCCOc1ccc(/C=C/C(=O)NCCc2ccc(OC)c(OC)c2)cc1OC. The Morgan fingerprint density at radius 3 is 2.32 bits per heavy atom. The molecule has 6 heteroatoms. The molecule has 0 unspecified atom stereocenters. The van der Waals surface area contributed by atoms with Crippen molar-refractivity contribution < 1.29 is 23.7 Å². The molecular weight excluding hydrogens is 394 g/mol. The highest BCUT2D eigenvalue weighted by atomic mass is 16.5. The van der Waals surface area contributed by atoms with Crippen LogP contribution in [0.2, 0.25) is 0 Å². The summed E-state index contributed by atoms with van der Waals surface area (Å²) in [6.07, 6.45) is 7.29. The first-order valence-electron chi connectivity index (χ1n) is 10.6. The molecule has 0 aliphatic rings. The first kappa shape index (κ1) is 24.1. The molecule has 0 aliphatic heterocycles. The van der Waals surface area contributed by atoms with E-state index in [0.29, 0.717) is 36.8 Å². The lowest BCUT2D eigenvalue weighted by Crippen LogP contribution is -2.23. The summed E-state index contributed by atoms with van der Waals surface area (Å²) in [5.41, 5.74) is 1.92. The molecular formula is C25H33NO5. The Morgan fingerprint density at radius 2 is 1.61 bits per heavy atom. The molecule has 0 aromatic heterocycles. The van der Waals surface area contributed by atoms with E-state index in [4.69, 9.17) is 18.9 Å². The van der Waals surface area contributed by atoms with E-state index in [2.05, 4.69) is 12.2 Å². The zero-order chi connectivity index (χ0) is 22.5. The summed E-state index contributed by atoms with van der Waals surface area (Å²) in [4.78, 5) is 12.2. The number of carbonyl (C=O) groups excluding carboxylic acids is 1. The highest BCUT2D eigenvalue weighted by Crippen LogP contribution is 2.29. The number of benzene rings is 2. The van der Waals surface area contributed by atoms with E-state index < -0.39 is 0 Å². The van der Waals surface area contributed by atoms with Crippen molar-refractivity contribution in [1.82, 2.24) is 5.32 Å². The van der Waals surface area contributed by atoms with Crippen molar-refractivity contribution in [3.05, 3.63) is 53.6 Å². The maximum atomic E-state index is 12.2. The smallest absolute Gasteiger partial charge is 0.244 e. The molecule has 0 saturated heterocycles.